The average Bonchev–Trinajstić information content (AvgIpc) is 2.83. The van der Waals surface area contributed by atoms with Gasteiger partial charge in [0, 0.05) is 17.3 Å². The van der Waals surface area contributed by atoms with E-state index < -0.39 is 0 Å². The lowest BCUT2D eigenvalue weighted by atomic mass is 10.3. The highest BCUT2D eigenvalue weighted by Crippen LogP contribution is 2.28. The van der Waals surface area contributed by atoms with Gasteiger partial charge in [0.15, 0.2) is 5.82 Å². The minimum atomic E-state index is 0.699. The van der Waals surface area contributed by atoms with Crippen LogP contribution in [0.5, 0.6) is 0 Å². The molecule has 0 unspecified atom stereocenters. The Labute approximate surface area is 103 Å². The zero-order valence-corrected chi connectivity index (χ0v) is 10.8. The van der Waals surface area contributed by atoms with E-state index >= 15 is 0 Å². The Morgan fingerprint density at radius 3 is 2.88 bits per heavy atom. The van der Waals surface area contributed by atoms with E-state index in [1.54, 1.807) is 17.7 Å². The predicted octanol–water partition coefficient (Wildman–Crippen LogP) is 2.22. The first-order valence-electron chi connectivity index (χ1n) is 4.93. The Balaban J connectivity index is 2.11. The second kappa shape index (κ2) is 4.95. The fourth-order valence-electron chi connectivity index (χ4n) is 1.27. The predicted molar refractivity (Wildman–Crippen MR) is 66.9 cm³/mol. The zero-order valence-electron chi connectivity index (χ0n) is 9.22. The third-order valence-electron chi connectivity index (χ3n) is 2.17. The SMILES string of the molecule is CN(C)CCn1cnc(-c2cscc2Cl)n1. The van der Waals surface area contributed by atoms with Crippen LogP contribution in [0, 0.1) is 0 Å². The standard InChI is InChI=1S/C10H13ClN4S/c1-14(2)3-4-15-7-12-10(13-15)8-5-16-6-9(8)11/h5-7H,3-4H2,1-2H3. The zero-order chi connectivity index (χ0) is 11.5. The largest absolute Gasteiger partial charge is 0.308 e. The minimum absolute atomic E-state index is 0.699. The molecule has 0 aromatic carbocycles. The number of aromatic nitrogens is 3. The van der Waals surface area contributed by atoms with Gasteiger partial charge in [0.2, 0.25) is 0 Å². The molecule has 2 aromatic heterocycles. The summed E-state index contributed by atoms with van der Waals surface area (Å²) in [5.74, 6) is 0.699. The third kappa shape index (κ3) is 2.61. The quantitative estimate of drug-likeness (QED) is 0.841. The maximum Gasteiger partial charge on any atom is 0.183 e. The fraction of sp³-hybridized carbons (Fsp3) is 0.400. The summed E-state index contributed by atoms with van der Waals surface area (Å²) in [6.07, 6.45) is 1.74. The first kappa shape index (κ1) is 11.6. The van der Waals surface area contributed by atoms with Crippen molar-refractivity contribution in [3.05, 3.63) is 22.1 Å². The first-order chi connectivity index (χ1) is 7.66. The van der Waals surface area contributed by atoms with Crippen molar-refractivity contribution < 1.29 is 0 Å². The van der Waals surface area contributed by atoms with Gasteiger partial charge in [-0.05, 0) is 14.1 Å². The Morgan fingerprint density at radius 2 is 2.25 bits per heavy atom. The first-order valence-corrected chi connectivity index (χ1v) is 6.25. The van der Waals surface area contributed by atoms with E-state index in [0.717, 1.165) is 23.7 Å². The van der Waals surface area contributed by atoms with Crippen molar-refractivity contribution in [3.63, 3.8) is 0 Å². The maximum absolute atomic E-state index is 6.02. The van der Waals surface area contributed by atoms with Gasteiger partial charge < -0.3 is 4.90 Å². The van der Waals surface area contributed by atoms with Crippen LogP contribution in [0.25, 0.3) is 11.4 Å². The van der Waals surface area contributed by atoms with Crippen molar-refractivity contribution in [3.8, 4) is 11.4 Å². The highest BCUT2D eigenvalue weighted by molar-refractivity contribution is 7.08. The summed E-state index contributed by atoms with van der Waals surface area (Å²) in [4.78, 5) is 6.36. The van der Waals surface area contributed by atoms with E-state index in [1.807, 2.05) is 29.5 Å². The second-order valence-corrected chi connectivity index (χ2v) is 4.92. The smallest absolute Gasteiger partial charge is 0.183 e. The molecule has 4 nitrogen and oxygen atoms in total. The van der Waals surface area contributed by atoms with Crippen LogP contribution in [0.1, 0.15) is 0 Å². The molecule has 16 heavy (non-hydrogen) atoms. The summed E-state index contributed by atoms with van der Waals surface area (Å²) in [7, 11) is 4.07. The van der Waals surface area contributed by atoms with Gasteiger partial charge in [0.1, 0.15) is 6.33 Å². The molecule has 0 saturated heterocycles. The van der Waals surface area contributed by atoms with Gasteiger partial charge in [0.25, 0.3) is 0 Å². The van der Waals surface area contributed by atoms with Crippen molar-refractivity contribution in [2.45, 2.75) is 6.54 Å². The number of rotatable bonds is 4. The van der Waals surface area contributed by atoms with Crippen LogP contribution < -0.4 is 0 Å². The van der Waals surface area contributed by atoms with Gasteiger partial charge in [-0.1, -0.05) is 11.6 Å². The number of likely N-dealkylation sites (N-methyl/N-ethyl adjacent to an activating group) is 1. The lowest BCUT2D eigenvalue weighted by Gasteiger charge is -2.07. The van der Waals surface area contributed by atoms with Crippen molar-refractivity contribution >= 4 is 22.9 Å². The highest BCUT2D eigenvalue weighted by atomic mass is 35.5. The van der Waals surface area contributed by atoms with Crippen LogP contribution in [0.3, 0.4) is 0 Å². The Morgan fingerprint density at radius 1 is 1.44 bits per heavy atom. The minimum Gasteiger partial charge on any atom is -0.308 e. The van der Waals surface area contributed by atoms with E-state index in [0.29, 0.717) is 5.82 Å². The van der Waals surface area contributed by atoms with Crippen molar-refractivity contribution in [2.75, 3.05) is 20.6 Å². The number of halogens is 1. The molecular weight excluding hydrogens is 244 g/mol. The van der Waals surface area contributed by atoms with Gasteiger partial charge in [-0.3, -0.25) is 4.68 Å². The molecule has 0 aliphatic rings. The van der Waals surface area contributed by atoms with Crippen molar-refractivity contribution in [1.82, 2.24) is 19.7 Å². The van der Waals surface area contributed by atoms with E-state index in [9.17, 15) is 0 Å². The lowest BCUT2D eigenvalue weighted by Crippen LogP contribution is -2.18. The summed E-state index contributed by atoms with van der Waals surface area (Å²) in [5, 5.41) is 8.96. The molecule has 86 valence electrons. The summed E-state index contributed by atoms with van der Waals surface area (Å²) in [6.45, 7) is 1.78. The third-order valence-corrected chi connectivity index (χ3v) is 3.35. The molecule has 2 aromatic rings. The van der Waals surface area contributed by atoms with Crippen LogP contribution in [0.4, 0.5) is 0 Å². The lowest BCUT2D eigenvalue weighted by molar-refractivity contribution is 0.373. The molecule has 6 heteroatoms. The molecule has 0 aliphatic heterocycles. The number of thiophene rings is 1. The number of nitrogens with zero attached hydrogens (tertiary/aromatic N) is 4. The fourth-order valence-corrected chi connectivity index (χ4v) is 2.31. The van der Waals surface area contributed by atoms with Crippen molar-refractivity contribution in [1.29, 1.82) is 0 Å². The van der Waals surface area contributed by atoms with Gasteiger partial charge in [-0.15, -0.1) is 0 Å². The maximum atomic E-state index is 6.02. The van der Waals surface area contributed by atoms with Crippen LogP contribution in [0.15, 0.2) is 17.1 Å². The number of hydrogen-bond acceptors (Lipinski definition) is 4. The normalized spacial score (nSPS) is 11.2. The van der Waals surface area contributed by atoms with Crippen LogP contribution >= 0.6 is 22.9 Å². The Kier molecular flexibility index (Phi) is 3.58. The average molecular weight is 257 g/mol. The van der Waals surface area contributed by atoms with Gasteiger partial charge in [0.05, 0.1) is 17.1 Å². The molecule has 0 fully saturated rings. The molecule has 2 heterocycles. The van der Waals surface area contributed by atoms with Gasteiger partial charge in [-0.2, -0.15) is 16.4 Å². The van der Waals surface area contributed by atoms with Crippen LogP contribution in [-0.2, 0) is 6.54 Å². The summed E-state index contributed by atoms with van der Waals surface area (Å²) < 4.78 is 1.84. The van der Waals surface area contributed by atoms with Crippen LogP contribution in [0.2, 0.25) is 5.02 Å². The van der Waals surface area contributed by atoms with E-state index in [1.165, 1.54) is 0 Å². The Bertz CT molecular complexity index is 463. The molecule has 2 rings (SSSR count). The number of hydrogen-bond donors (Lipinski definition) is 0. The topological polar surface area (TPSA) is 34.0 Å². The molecule has 0 saturated carbocycles. The summed E-state index contributed by atoms with van der Waals surface area (Å²) in [5.41, 5.74) is 0.912. The summed E-state index contributed by atoms with van der Waals surface area (Å²) >= 11 is 7.58. The molecule has 0 bridgehead atoms. The highest BCUT2D eigenvalue weighted by Gasteiger charge is 2.09. The van der Waals surface area contributed by atoms with Crippen molar-refractivity contribution in [2.24, 2.45) is 0 Å². The molecule has 0 spiro atoms. The van der Waals surface area contributed by atoms with Gasteiger partial charge in [-0.25, -0.2) is 4.98 Å². The molecule has 0 aliphatic carbocycles. The second-order valence-electron chi connectivity index (χ2n) is 3.77. The molecule has 0 radical (unpaired) electrons. The molecule has 0 atom stereocenters. The van der Waals surface area contributed by atoms with E-state index in [2.05, 4.69) is 15.0 Å². The Hall–Kier alpha value is -0.910. The summed E-state index contributed by atoms with van der Waals surface area (Å²) in [6, 6.07) is 0. The molecule has 0 amide bonds. The van der Waals surface area contributed by atoms with E-state index in [-0.39, 0.29) is 0 Å². The molecule has 0 N–H and O–H groups in total. The van der Waals surface area contributed by atoms with Gasteiger partial charge >= 0.3 is 0 Å². The van der Waals surface area contributed by atoms with Crippen LogP contribution in [-0.4, -0.2) is 40.3 Å². The van der Waals surface area contributed by atoms with E-state index in [4.69, 9.17) is 11.6 Å². The monoisotopic (exact) mass is 256 g/mol. The molecular formula is C10H13ClN4S.